The van der Waals surface area contributed by atoms with Crippen molar-refractivity contribution in [3.63, 3.8) is 0 Å². The molecule has 1 heterocycles. The van der Waals surface area contributed by atoms with E-state index in [1.807, 2.05) is 5.38 Å². The minimum Gasteiger partial charge on any atom is -0.507 e. The van der Waals surface area contributed by atoms with Gasteiger partial charge in [-0.2, -0.15) is 5.10 Å². The molecule has 0 radical (unpaired) electrons. The number of hydrogen-bond acceptors (Lipinski definition) is 9. The number of aromatic hydroxyl groups is 1. The molecular weight excluding hydrogens is 460 g/mol. The number of benzene rings is 2. The van der Waals surface area contributed by atoms with E-state index in [0.29, 0.717) is 52.0 Å². The molecule has 0 fully saturated rings. The maximum absolute atomic E-state index is 11.7. The number of nitrogens with two attached hydrogens (primary N) is 1. The molecule has 11 heteroatoms. The molecule has 0 saturated carbocycles. The summed E-state index contributed by atoms with van der Waals surface area (Å²) in [6.07, 6.45) is 1.60. The van der Waals surface area contributed by atoms with Crippen LogP contribution in [0.15, 0.2) is 45.8 Å². The maximum atomic E-state index is 11.7. The van der Waals surface area contributed by atoms with Gasteiger partial charge in [-0.3, -0.25) is 9.79 Å². The highest BCUT2D eigenvalue weighted by atomic mass is 32.1. The number of carbonyl (C=O) groups excluding carboxylic acids is 1. The number of rotatable bonds is 10. The molecule has 0 unspecified atom stereocenters. The topological polar surface area (TPSA) is 130 Å². The first-order valence-corrected chi connectivity index (χ1v) is 11.0. The van der Waals surface area contributed by atoms with Crippen molar-refractivity contribution in [2.45, 2.75) is 0 Å². The molecule has 0 bridgehead atoms. The molecule has 0 atom stereocenters. The zero-order chi connectivity index (χ0) is 24.7. The Hall–Kier alpha value is -3.83. The Morgan fingerprint density at radius 1 is 1.12 bits per heavy atom. The van der Waals surface area contributed by atoms with Gasteiger partial charge in [0, 0.05) is 30.2 Å². The summed E-state index contributed by atoms with van der Waals surface area (Å²) in [4.78, 5) is 16.9. The van der Waals surface area contributed by atoms with E-state index < -0.39 is 5.91 Å². The first-order valence-electron chi connectivity index (χ1n) is 10.1. The summed E-state index contributed by atoms with van der Waals surface area (Å²) in [7, 11) is 6.25. The minimum atomic E-state index is -0.734. The average Bonchev–Trinajstić information content (AvgIpc) is 3.24. The Bertz CT molecular complexity index is 1240. The molecule has 3 rings (SSSR count). The van der Waals surface area contributed by atoms with Gasteiger partial charge in [-0.15, -0.1) is 11.3 Å². The SMILES string of the molecule is COCCN=c1scc(-c2ccc(O)c(C(N)=O)c2)n1/N=C/c1c(OC)cc(OC)cc1OC. The molecule has 10 nitrogen and oxygen atoms in total. The van der Waals surface area contributed by atoms with E-state index in [1.165, 1.54) is 23.5 Å². The standard InChI is InChI=1S/C23H26N4O6S/c1-30-8-7-25-23-27(18(13-34-23)14-5-6-19(28)16(9-14)22(24)29)26-12-17-20(32-3)10-15(31-2)11-21(17)33-4/h5-6,9-13,28H,7-8H2,1-4H3,(H2,24,29)/b25-23?,26-12+. The van der Waals surface area contributed by atoms with Crippen molar-refractivity contribution in [3.8, 4) is 34.3 Å². The Labute approximate surface area is 200 Å². The zero-order valence-corrected chi connectivity index (χ0v) is 20.1. The van der Waals surface area contributed by atoms with Crippen LogP contribution in [0, 0.1) is 0 Å². The highest BCUT2D eigenvalue weighted by Gasteiger charge is 2.15. The van der Waals surface area contributed by atoms with Crippen LogP contribution in [0.4, 0.5) is 0 Å². The molecule has 0 aliphatic heterocycles. The Morgan fingerprint density at radius 2 is 1.82 bits per heavy atom. The van der Waals surface area contributed by atoms with Gasteiger partial charge in [0.15, 0.2) is 0 Å². The number of primary amides is 1. The van der Waals surface area contributed by atoms with Crippen LogP contribution in [-0.2, 0) is 4.74 Å². The lowest BCUT2D eigenvalue weighted by Gasteiger charge is -2.12. The average molecular weight is 487 g/mol. The minimum absolute atomic E-state index is 0.00981. The van der Waals surface area contributed by atoms with Gasteiger partial charge in [-0.25, -0.2) is 4.68 Å². The quantitative estimate of drug-likeness (QED) is 0.335. The highest BCUT2D eigenvalue weighted by Crippen LogP contribution is 2.33. The maximum Gasteiger partial charge on any atom is 0.252 e. The van der Waals surface area contributed by atoms with Gasteiger partial charge in [0.25, 0.3) is 5.91 Å². The lowest BCUT2D eigenvalue weighted by atomic mass is 10.1. The van der Waals surface area contributed by atoms with Gasteiger partial charge in [0.1, 0.15) is 23.0 Å². The van der Waals surface area contributed by atoms with E-state index >= 15 is 0 Å². The first kappa shape index (κ1) is 24.8. The lowest BCUT2D eigenvalue weighted by Crippen LogP contribution is -2.14. The van der Waals surface area contributed by atoms with Crippen LogP contribution in [0.3, 0.4) is 0 Å². The smallest absolute Gasteiger partial charge is 0.252 e. The van der Waals surface area contributed by atoms with Crippen molar-refractivity contribution in [2.75, 3.05) is 41.6 Å². The van der Waals surface area contributed by atoms with Crippen molar-refractivity contribution < 1.29 is 28.8 Å². The van der Waals surface area contributed by atoms with Crippen molar-refractivity contribution in [1.29, 1.82) is 0 Å². The van der Waals surface area contributed by atoms with Crippen LogP contribution in [-0.4, -0.2) is 63.5 Å². The number of ether oxygens (including phenoxy) is 4. The number of hydrogen-bond donors (Lipinski definition) is 2. The second-order valence-corrected chi connectivity index (χ2v) is 7.71. The summed E-state index contributed by atoms with van der Waals surface area (Å²) < 4.78 is 23.0. The Morgan fingerprint density at radius 3 is 2.41 bits per heavy atom. The lowest BCUT2D eigenvalue weighted by molar-refractivity contribution is 0.0998. The Balaban J connectivity index is 2.17. The molecule has 0 aliphatic carbocycles. The van der Waals surface area contributed by atoms with E-state index in [0.717, 1.165) is 0 Å². The fraction of sp³-hybridized carbons (Fsp3) is 0.261. The molecule has 180 valence electrons. The van der Waals surface area contributed by atoms with E-state index in [4.69, 9.17) is 24.7 Å². The van der Waals surface area contributed by atoms with E-state index in [9.17, 15) is 9.90 Å². The van der Waals surface area contributed by atoms with Crippen molar-refractivity contribution in [1.82, 2.24) is 4.68 Å². The van der Waals surface area contributed by atoms with Crippen LogP contribution in [0.5, 0.6) is 23.0 Å². The summed E-state index contributed by atoms with van der Waals surface area (Å²) in [5, 5.41) is 16.5. The van der Waals surface area contributed by atoms with Crippen LogP contribution in [0.2, 0.25) is 0 Å². The molecule has 0 spiro atoms. The van der Waals surface area contributed by atoms with Gasteiger partial charge in [-0.05, 0) is 18.2 Å². The molecule has 3 aromatic rings. The molecule has 0 saturated heterocycles. The normalized spacial score (nSPS) is 11.7. The number of methoxy groups -OCH3 is 4. The number of nitrogens with zero attached hydrogens (tertiary/aromatic N) is 3. The van der Waals surface area contributed by atoms with E-state index in [-0.39, 0.29) is 11.3 Å². The van der Waals surface area contributed by atoms with Crippen LogP contribution < -0.4 is 24.7 Å². The molecule has 1 aromatic heterocycles. The second kappa shape index (κ2) is 11.3. The third kappa shape index (κ3) is 5.38. The van der Waals surface area contributed by atoms with E-state index in [1.54, 1.807) is 57.5 Å². The van der Waals surface area contributed by atoms with Crippen LogP contribution in [0.25, 0.3) is 11.3 Å². The number of aromatic nitrogens is 1. The molecular formula is C23H26N4O6S. The third-order valence-corrected chi connectivity index (χ3v) is 5.70. The summed E-state index contributed by atoms with van der Waals surface area (Å²) in [5.41, 5.74) is 7.29. The molecule has 3 N–H and O–H groups in total. The van der Waals surface area contributed by atoms with Gasteiger partial charge in [0.2, 0.25) is 4.80 Å². The predicted molar refractivity (Wildman–Crippen MR) is 129 cm³/mol. The molecule has 34 heavy (non-hydrogen) atoms. The van der Waals surface area contributed by atoms with Crippen molar-refractivity contribution in [3.05, 3.63) is 51.6 Å². The molecule has 2 aromatic carbocycles. The number of thiazole rings is 1. The third-order valence-electron chi connectivity index (χ3n) is 4.84. The van der Waals surface area contributed by atoms with Crippen LogP contribution in [0.1, 0.15) is 15.9 Å². The molecule has 1 amide bonds. The number of phenols is 1. The fourth-order valence-corrected chi connectivity index (χ4v) is 3.98. The van der Waals surface area contributed by atoms with Crippen molar-refractivity contribution >= 4 is 23.5 Å². The van der Waals surface area contributed by atoms with Crippen molar-refractivity contribution in [2.24, 2.45) is 15.8 Å². The molecule has 0 aliphatic rings. The Kier molecular flexibility index (Phi) is 8.28. The predicted octanol–water partition coefficient (Wildman–Crippen LogP) is 2.48. The largest absolute Gasteiger partial charge is 0.507 e. The number of amides is 1. The summed E-state index contributed by atoms with van der Waals surface area (Å²) in [5.74, 6) is 0.668. The van der Waals surface area contributed by atoms with E-state index in [2.05, 4.69) is 10.1 Å². The second-order valence-electron chi connectivity index (χ2n) is 6.88. The van der Waals surface area contributed by atoms with Crippen LogP contribution >= 0.6 is 11.3 Å². The highest BCUT2D eigenvalue weighted by molar-refractivity contribution is 7.07. The zero-order valence-electron chi connectivity index (χ0n) is 19.3. The fourth-order valence-electron chi connectivity index (χ4n) is 3.12. The van der Waals surface area contributed by atoms with Gasteiger partial charge < -0.3 is 29.8 Å². The van der Waals surface area contributed by atoms with Gasteiger partial charge in [-0.1, -0.05) is 0 Å². The van der Waals surface area contributed by atoms with Gasteiger partial charge in [0.05, 0.1) is 57.5 Å². The summed E-state index contributed by atoms with van der Waals surface area (Å²) >= 11 is 1.37. The van der Waals surface area contributed by atoms with Gasteiger partial charge >= 0.3 is 0 Å². The summed E-state index contributed by atoms with van der Waals surface area (Å²) in [6, 6.07) is 8.05. The monoisotopic (exact) mass is 486 g/mol. The first-order chi connectivity index (χ1) is 16.4. The summed E-state index contributed by atoms with van der Waals surface area (Å²) in [6.45, 7) is 0.880. The number of carbonyl (C=O) groups is 1.